The van der Waals surface area contributed by atoms with E-state index < -0.39 is 0 Å². The van der Waals surface area contributed by atoms with Crippen LogP contribution in [0, 0.1) is 11.3 Å². The highest BCUT2D eigenvalue weighted by atomic mass is 16.5. The summed E-state index contributed by atoms with van der Waals surface area (Å²) in [6.07, 6.45) is 0. The molecule has 0 spiro atoms. The quantitative estimate of drug-likeness (QED) is 0.725. The van der Waals surface area contributed by atoms with Gasteiger partial charge in [-0.05, 0) is 31.2 Å². The smallest absolute Gasteiger partial charge is 0.260 e. The summed E-state index contributed by atoms with van der Waals surface area (Å²) in [5.41, 5.74) is 0.714. The molecule has 0 aliphatic heterocycles. The third-order valence-electron chi connectivity index (χ3n) is 4.10. The molecule has 0 aliphatic carbocycles. The van der Waals surface area contributed by atoms with Crippen molar-refractivity contribution in [2.24, 2.45) is 0 Å². The van der Waals surface area contributed by atoms with Crippen LogP contribution >= 0.6 is 0 Å². The Balaban J connectivity index is 1.72. The van der Waals surface area contributed by atoms with Gasteiger partial charge in [0.1, 0.15) is 17.6 Å². The fourth-order valence-corrected chi connectivity index (χ4v) is 2.68. The zero-order chi connectivity index (χ0) is 19.2. The summed E-state index contributed by atoms with van der Waals surface area (Å²) < 4.78 is 5.50. The number of ether oxygens (including phenoxy) is 1. The monoisotopic (exact) mass is 362 g/mol. The van der Waals surface area contributed by atoms with Gasteiger partial charge in [0.05, 0.1) is 23.0 Å². The van der Waals surface area contributed by atoms with Crippen LogP contribution in [0.3, 0.4) is 0 Å². The standard InChI is InChI=1S/C20H18N4O3/c1-2-24(19(25)13-27-17-10-6-3-7-14(17)11-21)12-18-22-16-9-5-4-8-15(16)20(26)23-18/h3-10H,2,12-13H2,1H3,(H,22,23,26). The third kappa shape index (κ3) is 4.12. The molecule has 0 radical (unpaired) electrons. The molecule has 0 fully saturated rings. The summed E-state index contributed by atoms with van der Waals surface area (Å²) in [7, 11) is 0. The van der Waals surface area contributed by atoms with E-state index in [0.717, 1.165) is 0 Å². The number of nitriles is 1. The zero-order valence-electron chi connectivity index (χ0n) is 14.8. The second-order valence-electron chi connectivity index (χ2n) is 5.83. The van der Waals surface area contributed by atoms with E-state index >= 15 is 0 Å². The second-order valence-corrected chi connectivity index (χ2v) is 5.83. The maximum Gasteiger partial charge on any atom is 0.260 e. The molecule has 7 heteroatoms. The molecule has 136 valence electrons. The zero-order valence-corrected chi connectivity index (χ0v) is 14.8. The van der Waals surface area contributed by atoms with Crippen molar-refractivity contribution < 1.29 is 9.53 Å². The van der Waals surface area contributed by atoms with Crippen molar-refractivity contribution >= 4 is 16.8 Å². The molecule has 27 heavy (non-hydrogen) atoms. The van der Waals surface area contributed by atoms with Gasteiger partial charge in [-0.15, -0.1) is 0 Å². The number of benzene rings is 2. The van der Waals surface area contributed by atoms with Crippen LogP contribution in [0.4, 0.5) is 0 Å². The molecule has 0 atom stereocenters. The molecule has 0 aliphatic rings. The van der Waals surface area contributed by atoms with Crippen molar-refractivity contribution in [2.75, 3.05) is 13.2 Å². The van der Waals surface area contributed by atoms with E-state index in [0.29, 0.717) is 34.6 Å². The maximum atomic E-state index is 12.5. The Morgan fingerprint density at radius 3 is 2.74 bits per heavy atom. The highest BCUT2D eigenvalue weighted by Crippen LogP contribution is 2.16. The van der Waals surface area contributed by atoms with Gasteiger partial charge in [0.25, 0.3) is 11.5 Å². The van der Waals surface area contributed by atoms with Gasteiger partial charge in [0.15, 0.2) is 6.61 Å². The van der Waals surface area contributed by atoms with Crippen LogP contribution in [0.25, 0.3) is 10.9 Å². The molecule has 0 saturated heterocycles. The Hall–Kier alpha value is -3.66. The molecular weight excluding hydrogens is 344 g/mol. The molecule has 7 nitrogen and oxygen atoms in total. The predicted molar refractivity (Wildman–Crippen MR) is 100 cm³/mol. The van der Waals surface area contributed by atoms with Crippen molar-refractivity contribution in [1.82, 2.24) is 14.9 Å². The number of aromatic nitrogens is 2. The third-order valence-corrected chi connectivity index (χ3v) is 4.10. The molecule has 0 saturated carbocycles. The van der Waals surface area contributed by atoms with Gasteiger partial charge >= 0.3 is 0 Å². The largest absolute Gasteiger partial charge is 0.482 e. The molecular formula is C20H18N4O3. The van der Waals surface area contributed by atoms with E-state index in [1.807, 2.05) is 19.1 Å². The number of hydrogen-bond acceptors (Lipinski definition) is 5. The van der Waals surface area contributed by atoms with E-state index in [9.17, 15) is 9.59 Å². The number of para-hydroxylation sites is 2. The Bertz CT molecular complexity index is 1070. The summed E-state index contributed by atoms with van der Waals surface area (Å²) >= 11 is 0. The minimum atomic E-state index is -0.263. The lowest BCUT2D eigenvalue weighted by molar-refractivity contribution is -0.133. The first-order valence-electron chi connectivity index (χ1n) is 8.50. The minimum Gasteiger partial charge on any atom is -0.482 e. The number of amides is 1. The van der Waals surface area contributed by atoms with Crippen LogP contribution < -0.4 is 10.3 Å². The first kappa shape index (κ1) is 18.1. The lowest BCUT2D eigenvalue weighted by Crippen LogP contribution is -2.35. The van der Waals surface area contributed by atoms with Crippen molar-refractivity contribution in [2.45, 2.75) is 13.5 Å². The molecule has 1 amide bonds. The average molecular weight is 362 g/mol. The van der Waals surface area contributed by atoms with Gasteiger partial charge < -0.3 is 14.6 Å². The fourth-order valence-electron chi connectivity index (χ4n) is 2.68. The summed E-state index contributed by atoms with van der Waals surface area (Å²) in [5, 5.41) is 9.59. The van der Waals surface area contributed by atoms with Crippen LogP contribution in [0.2, 0.25) is 0 Å². The van der Waals surface area contributed by atoms with Crippen molar-refractivity contribution in [3.8, 4) is 11.8 Å². The van der Waals surface area contributed by atoms with Gasteiger partial charge in [0.2, 0.25) is 0 Å². The van der Waals surface area contributed by atoms with E-state index in [1.54, 1.807) is 42.5 Å². The number of aromatic amines is 1. The number of rotatable bonds is 6. The number of carbonyl (C=O) groups excluding carboxylic acids is 1. The number of hydrogen-bond donors (Lipinski definition) is 1. The number of fused-ring (bicyclic) bond motifs is 1. The van der Waals surface area contributed by atoms with Gasteiger partial charge in [-0.25, -0.2) is 4.98 Å². The van der Waals surface area contributed by atoms with Crippen molar-refractivity contribution in [3.63, 3.8) is 0 Å². The summed E-state index contributed by atoms with van der Waals surface area (Å²) in [5.74, 6) is 0.508. The first-order valence-corrected chi connectivity index (χ1v) is 8.50. The van der Waals surface area contributed by atoms with E-state index in [1.165, 1.54) is 4.90 Å². The Labute approximate surface area is 155 Å². The number of carbonyl (C=O) groups is 1. The average Bonchev–Trinajstić information content (AvgIpc) is 2.70. The van der Waals surface area contributed by atoms with Crippen LogP contribution in [0.5, 0.6) is 5.75 Å². The molecule has 3 aromatic rings. The summed E-state index contributed by atoms with van der Waals surface area (Å²) in [6, 6.07) is 15.8. The van der Waals surface area contributed by atoms with Crippen LogP contribution in [0.15, 0.2) is 53.3 Å². The molecule has 0 bridgehead atoms. The number of nitrogens with zero attached hydrogens (tertiary/aromatic N) is 3. The second kappa shape index (κ2) is 8.15. The maximum absolute atomic E-state index is 12.5. The predicted octanol–water partition coefficient (Wildman–Crippen LogP) is 2.22. The fraction of sp³-hybridized carbons (Fsp3) is 0.200. The van der Waals surface area contributed by atoms with Gasteiger partial charge in [-0.3, -0.25) is 9.59 Å². The first-order chi connectivity index (χ1) is 13.1. The Morgan fingerprint density at radius 2 is 1.96 bits per heavy atom. The van der Waals surface area contributed by atoms with Crippen LogP contribution in [0.1, 0.15) is 18.3 Å². The highest BCUT2D eigenvalue weighted by molar-refractivity contribution is 5.78. The van der Waals surface area contributed by atoms with Crippen molar-refractivity contribution in [3.05, 3.63) is 70.3 Å². The van der Waals surface area contributed by atoms with Crippen LogP contribution in [-0.4, -0.2) is 33.9 Å². The summed E-state index contributed by atoms with van der Waals surface area (Å²) in [4.78, 5) is 33.3. The van der Waals surface area contributed by atoms with Crippen molar-refractivity contribution in [1.29, 1.82) is 5.26 Å². The lowest BCUT2D eigenvalue weighted by atomic mass is 10.2. The lowest BCUT2D eigenvalue weighted by Gasteiger charge is -2.20. The number of nitrogens with one attached hydrogen (secondary N) is 1. The molecule has 1 N–H and O–H groups in total. The SMILES string of the molecule is CCN(Cc1nc2ccccc2c(=O)[nH]1)C(=O)COc1ccccc1C#N. The van der Waals surface area contributed by atoms with Crippen LogP contribution in [-0.2, 0) is 11.3 Å². The molecule has 1 aromatic heterocycles. The summed E-state index contributed by atoms with van der Waals surface area (Å²) in [6.45, 7) is 2.22. The number of likely N-dealkylation sites (N-methyl/N-ethyl adjacent to an activating group) is 1. The van der Waals surface area contributed by atoms with E-state index in [-0.39, 0.29) is 24.6 Å². The van der Waals surface area contributed by atoms with E-state index in [2.05, 4.69) is 9.97 Å². The Morgan fingerprint density at radius 1 is 1.22 bits per heavy atom. The van der Waals surface area contributed by atoms with Gasteiger partial charge in [-0.2, -0.15) is 5.26 Å². The Kier molecular flexibility index (Phi) is 5.47. The minimum absolute atomic E-state index is 0.165. The molecule has 1 heterocycles. The molecule has 2 aromatic carbocycles. The highest BCUT2D eigenvalue weighted by Gasteiger charge is 2.16. The van der Waals surface area contributed by atoms with E-state index in [4.69, 9.17) is 10.00 Å². The number of H-pyrrole nitrogens is 1. The van der Waals surface area contributed by atoms with Gasteiger partial charge in [-0.1, -0.05) is 24.3 Å². The molecule has 0 unspecified atom stereocenters. The normalized spacial score (nSPS) is 10.4. The van der Waals surface area contributed by atoms with Gasteiger partial charge in [0, 0.05) is 6.54 Å². The topological polar surface area (TPSA) is 99.1 Å². The molecule has 3 rings (SSSR count).